The van der Waals surface area contributed by atoms with Gasteiger partial charge >= 0.3 is 0 Å². The van der Waals surface area contributed by atoms with Gasteiger partial charge in [-0.2, -0.15) is 0 Å². The second-order valence-corrected chi connectivity index (χ2v) is 4.00. The third kappa shape index (κ3) is 4.21. The molecule has 0 aliphatic carbocycles. The SMILES string of the molecule is CCN(C)CCNc1cc(OC)cc([N+](=O)[O-])c1. The first-order valence-electron chi connectivity index (χ1n) is 5.82. The standard InChI is InChI=1S/C12H19N3O3/c1-4-14(2)6-5-13-10-7-11(15(16)17)9-12(8-10)18-3/h7-9,13H,4-6H2,1-3H3. The largest absolute Gasteiger partial charge is 0.496 e. The van der Waals surface area contributed by atoms with Crippen molar-refractivity contribution in [2.24, 2.45) is 0 Å². The maximum Gasteiger partial charge on any atom is 0.275 e. The number of nitrogens with zero attached hydrogens (tertiary/aromatic N) is 2. The van der Waals surface area contributed by atoms with Crippen molar-refractivity contribution in [1.29, 1.82) is 0 Å². The number of methoxy groups -OCH3 is 1. The Kier molecular flexibility index (Phi) is 5.38. The molecular weight excluding hydrogens is 234 g/mol. The van der Waals surface area contributed by atoms with Crippen LogP contribution in [0.5, 0.6) is 5.75 Å². The molecule has 0 amide bonds. The highest BCUT2D eigenvalue weighted by Gasteiger charge is 2.09. The molecule has 0 aliphatic rings. The average molecular weight is 253 g/mol. The van der Waals surface area contributed by atoms with Crippen LogP contribution in [0.15, 0.2) is 18.2 Å². The molecule has 0 spiro atoms. The van der Waals surface area contributed by atoms with E-state index in [0.29, 0.717) is 11.4 Å². The number of nitro groups is 1. The molecule has 0 bridgehead atoms. The molecule has 0 unspecified atom stereocenters. The fourth-order valence-electron chi connectivity index (χ4n) is 1.46. The monoisotopic (exact) mass is 253 g/mol. The minimum atomic E-state index is -0.425. The van der Waals surface area contributed by atoms with Gasteiger partial charge in [-0.3, -0.25) is 10.1 Å². The van der Waals surface area contributed by atoms with E-state index in [2.05, 4.69) is 17.1 Å². The van der Waals surface area contributed by atoms with E-state index in [0.717, 1.165) is 19.6 Å². The van der Waals surface area contributed by atoms with Crippen LogP contribution in [-0.2, 0) is 0 Å². The third-order valence-electron chi connectivity index (χ3n) is 2.70. The minimum Gasteiger partial charge on any atom is -0.496 e. The molecule has 0 heterocycles. The summed E-state index contributed by atoms with van der Waals surface area (Å²) >= 11 is 0. The molecule has 100 valence electrons. The highest BCUT2D eigenvalue weighted by molar-refractivity contribution is 5.56. The molecule has 1 rings (SSSR count). The van der Waals surface area contributed by atoms with E-state index >= 15 is 0 Å². The van der Waals surface area contributed by atoms with Gasteiger partial charge in [0.15, 0.2) is 0 Å². The number of anilines is 1. The molecule has 0 atom stereocenters. The quantitative estimate of drug-likeness (QED) is 0.594. The minimum absolute atomic E-state index is 0.0284. The normalized spacial score (nSPS) is 10.4. The fraction of sp³-hybridized carbons (Fsp3) is 0.500. The predicted octanol–water partition coefficient (Wildman–Crippen LogP) is 1.97. The van der Waals surface area contributed by atoms with Crippen LogP contribution in [0.2, 0.25) is 0 Å². The number of non-ortho nitro benzene ring substituents is 1. The first-order valence-corrected chi connectivity index (χ1v) is 5.82. The van der Waals surface area contributed by atoms with Gasteiger partial charge in [0, 0.05) is 30.9 Å². The maximum atomic E-state index is 10.8. The summed E-state index contributed by atoms with van der Waals surface area (Å²) in [5.41, 5.74) is 0.728. The lowest BCUT2D eigenvalue weighted by atomic mass is 10.2. The van der Waals surface area contributed by atoms with E-state index in [1.54, 1.807) is 6.07 Å². The van der Waals surface area contributed by atoms with Gasteiger partial charge in [-0.05, 0) is 13.6 Å². The lowest BCUT2D eigenvalue weighted by Gasteiger charge is -2.14. The molecule has 0 radical (unpaired) electrons. The molecule has 6 nitrogen and oxygen atoms in total. The van der Waals surface area contributed by atoms with Gasteiger partial charge in [0.25, 0.3) is 5.69 Å². The zero-order valence-electron chi connectivity index (χ0n) is 11.0. The van der Waals surface area contributed by atoms with Crippen LogP contribution in [0, 0.1) is 10.1 Å². The van der Waals surface area contributed by atoms with Gasteiger partial charge in [-0.15, -0.1) is 0 Å². The zero-order chi connectivity index (χ0) is 13.5. The molecule has 0 saturated heterocycles. The second-order valence-electron chi connectivity index (χ2n) is 4.00. The Bertz CT molecular complexity index is 410. The van der Waals surface area contributed by atoms with Crippen molar-refractivity contribution in [3.8, 4) is 5.75 Å². The molecule has 6 heteroatoms. The van der Waals surface area contributed by atoms with Gasteiger partial charge in [0.1, 0.15) is 5.75 Å². The Morgan fingerprint density at radius 3 is 2.72 bits per heavy atom. The number of ether oxygens (including phenoxy) is 1. The number of benzene rings is 1. The van der Waals surface area contributed by atoms with Crippen LogP contribution in [0.1, 0.15) is 6.92 Å². The lowest BCUT2D eigenvalue weighted by molar-refractivity contribution is -0.384. The Balaban J connectivity index is 2.69. The van der Waals surface area contributed by atoms with Crippen LogP contribution >= 0.6 is 0 Å². The first-order chi connectivity index (χ1) is 8.56. The van der Waals surface area contributed by atoms with Crippen LogP contribution in [-0.4, -0.2) is 43.6 Å². The highest BCUT2D eigenvalue weighted by Crippen LogP contribution is 2.25. The van der Waals surface area contributed by atoms with Crippen molar-refractivity contribution >= 4 is 11.4 Å². The van der Waals surface area contributed by atoms with Gasteiger partial charge in [0.2, 0.25) is 0 Å². The predicted molar refractivity (Wildman–Crippen MR) is 71.3 cm³/mol. The van der Waals surface area contributed by atoms with Crippen molar-refractivity contribution in [2.45, 2.75) is 6.92 Å². The second kappa shape index (κ2) is 6.80. The van der Waals surface area contributed by atoms with E-state index in [-0.39, 0.29) is 5.69 Å². The van der Waals surface area contributed by atoms with Crippen molar-refractivity contribution in [3.63, 3.8) is 0 Å². The van der Waals surface area contributed by atoms with Crippen molar-refractivity contribution in [1.82, 2.24) is 4.90 Å². The van der Waals surface area contributed by atoms with E-state index in [1.807, 2.05) is 7.05 Å². The molecular formula is C12H19N3O3. The number of nitrogens with one attached hydrogen (secondary N) is 1. The van der Waals surface area contributed by atoms with Crippen molar-refractivity contribution in [3.05, 3.63) is 28.3 Å². The van der Waals surface area contributed by atoms with Crippen LogP contribution < -0.4 is 10.1 Å². The number of hydrogen-bond donors (Lipinski definition) is 1. The van der Waals surface area contributed by atoms with E-state index in [9.17, 15) is 10.1 Å². The van der Waals surface area contributed by atoms with Gasteiger partial charge in [-0.25, -0.2) is 0 Å². The van der Waals surface area contributed by atoms with Gasteiger partial charge < -0.3 is 15.0 Å². The highest BCUT2D eigenvalue weighted by atomic mass is 16.6. The van der Waals surface area contributed by atoms with Crippen LogP contribution in [0.3, 0.4) is 0 Å². The Labute approximate surface area is 107 Å². The Hall–Kier alpha value is -1.82. The van der Waals surface area contributed by atoms with Gasteiger partial charge in [0.05, 0.1) is 18.1 Å². The molecule has 0 aliphatic heterocycles. The molecule has 0 aromatic heterocycles. The Morgan fingerprint density at radius 1 is 1.44 bits per heavy atom. The van der Waals surface area contributed by atoms with E-state index in [4.69, 9.17) is 4.74 Å². The summed E-state index contributed by atoms with van der Waals surface area (Å²) in [6, 6.07) is 4.66. The molecule has 1 aromatic carbocycles. The molecule has 1 N–H and O–H groups in total. The summed E-state index contributed by atoms with van der Waals surface area (Å²) in [7, 11) is 3.52. The smallest absolute Gasteiger partial charge is 0.275 e. The summed E-state index contributed by atoms with van der Waals surface area (Å²) in [4.78, 5) is 12.5. The summed E-state index contributed by atoms with van der Waals surface area (Å²) in [5.74, 6) is 0.482. The van der Waals surface area contributed by atoms with Crippen LogP contribution in [0.25, 0.3) is 0 Å². The molecule has 1 aromatic rings. The number of rotatable bonds is 7. The molecule has 18 heavy (non-hydrogen) atoms. The zero-order valence-corrected chi connectivity index (χ0v) is 11.0. The third-order valence-corrected chi connectivity index (χ3v) is 2.70. The van der Waals surface area contributed by atoms with E-state index in [1.165, 1.54) is 19.2 Å². The average Bonchev–Trinajstić information content (AvgIpc) is 2.37. The summed E-state index contributed by atoms with van der Waals surface area (Å²) < 4.78 is 5.04. The fourth-order valence-corrected chi connectivity index (χ4v) is 1.46. The number of nitro benzene ring substituents is 1. The number of hydrogen-bond acceptors (Lipinski definition) is 5. The van der Waals surface area contributed by atoms with E-state index < -0.39 is 4.92 Å². The van der Waals surface area contributed by atoms with Crippen LogP contribution in [0.4, 0.5) is 11.4 Å². The van der Waals surface area contributed by atoms with Crippen molar-refractivity contribution in [2.75, 3.05) is 39.1 Å². The summed E-state index contributed by atoms with van der Waals surface area (Å²) in [5, 5.41) is 13.9. The summed E-state index contributed by atoms with van der Waals surface area (Å²) in [6.07, 6.45) is 0. The number of likely N-dealkylation sites (N-methyl/N-ethyl adjacent to an activating group) is 1. The summed E-state index contributed by atoms with van der Waals surface area (Å²) in [6.45, 7) is 4.66. The topological polar surface area (TPSA) is 67.6 Å². The molecule has 0 saturated carbocycles. The Morgan fingerprint density at radius 2 is 2.17 bits per heavy atom. The molecule has 0 fully saturated rings. The van der Waals surface area contributed by atoms with Gasteiger partial charge in [-0.1, -0.05) is 6.92 Å². The first kappa shape index (κ1) is 14.2. The lowest BCUT2D eigenvalue weighted by Crippen LogP contribution is -2.24. The van der Waals surface area contributed by atoms with Crippen molar-refractivity contribution < 1.29 is 9.66 Å². The maximum absolute atomic E-state index is 10.8.